The highest BCUT2D eigenvalue weighted by Crippen LogP contribution is 2.18. The maximum Gasteiger partial charge on any atom is 0.193 e. The smallest absolute Gasteiger partial charge is 0.193 e. The summed E-state index contributed by atoms with van der Waals surface area (Å²) in [5.41, 5.74) is 1.00. The van der Waals surface area contributed by atoms with Crippen molar-refractivity contribution in [2.24, 2.45) is 4.99 Å². The molecule has 0 bridgehead atoms. The molecular weight excluding hydrogens is 477 g/mol. The van der Waals surface area contributed by atoms with Gasteiger partial charge in [-0.15, -0.1) is 35.3 Å². The number of rotatable bonds is 8. The van der Waals surface area contributed by atoms with Crippen LogP contribution in [0, 0.1) is 0 Å². The molecule has 150 valence electrons. The van der Waals surface area contributed by atoms with Crippen LogP contribution in [-0.4, -0.2) is 64.3 Å². The second kappa shape index (κ2) is 11.9. The number of hydrogen-bond acceptors (Lipinski definition) is 6. The first-order chi connectivity index (χ1) is 12.5. The molecule has 1 heterocycles. The van der Waals surface area contributed by atoms with Crippen molar-refractivity contribution < 1.29 is 9.47 Å². The zero-order chi connectivity index (χ0) is 18.9. The second-order valence-corrected chi connectivity index (χ2v) is 6.70. The van der Waals surface area contributed by atoms with Gasteiger partial charge in [-0.2, -0.15) is 0 Å². The zero-order valence-electron chi connectivity index (χ0n) is 16.4. The average molecular weight is 505 g/mol. The van der Waals surface area contributed by atoms with E-state index in [0.717, 1.165) is 28.3 Å². The van der Waals surface area contributed by atoms with Gasteiger partial charge >= 0.3 is 0 Å². The molecule has 0 radical (unpaired) electrons. The second-order valence-electron chi connectivity index (χ2n) is 5.86. The predicted octanol–water partition coefficient (Wildman–Crippen LogP) is 2.92. The fourth-order valence-electron chi connectivity index (χ4n) is 2.22. The lowest BCUT2D eigenvalue weighted by Crippen LogP contribution is -2.40. The Morgan fingerprint density at radius 3 is 2.41 bits per heavy atom. The molecule has 27 heavy (non-hydrogen) atoms. The van der Waals surface area contributed by atoms with Gasteiger partial charge in [-0.3, -0.25) is 4.99 Å². The van der Waals surface area contributed by atoms with Crippen molar-refractivity contribution >= 4 is 46.4 Å². The summed E-state index contributed by atoms with van der Waals surface area (Å²) in [5.74, 6) is 2.45. The van der Waals surface area contributed by atoms with E-state index in [1.165, 1.54) is 0 Å². The first-order valence-electron chi connectivity index (χ1n) is 8.34. The van der Waals surface area contributed by atoms with Crippen molar-refractivity contribution in [2.75, 3.05) is 53.4 Å². The van der Waals surface area contributed by atoms with Gasteiger partial charge < -0.3 is 24.6 Å². The Kier molecular flexibility index (Phi) is 10.2. The Bertz CT molecular complexity index is 706. The topological polar surface area (TPSA) is 62.2 Å². The first kappa shape index (κ1) is 23.3. The van der Waals surface area contributed by atoms with Crippen molar-refractivity contribution in [3.63, 3.8) is 0 Å². The number of nitrogens with one attached hydrogen (secondary N) is 1. The number of aromatic nitrogens is 1. The number of anilines is 1. The van der Waals surface area contributed by atoms with Crippen LogP contribution in [-0.2, 0) is 6.54 Å². The Hall–Kier alpha value is -1.75. The van der Waals surface area contributed by atoms with Gasteiger partial charge in [-0.1, -0.05) is 0 Å². The minimum absolute atomic E-state index is 0. The number of halogens is 1. The summed E-state index contributed by atoms with van der Waals surface area (Å²) >= 11 is 1.63. The Balaban J connectivity index is 0.00000364. The molecule has 1 aromatic carbocycles. The number of likely N-dealkylation sites (N-methyl/N-ethyl adjacent to an activating group) is 1. The van der Waals surface area contributed by atoms with E-state index in [1.54, 1.807) is 25.5 Å². The van der Waals surface area contributed by atoms with E-state index in [1.807, 2.05) is 55.2 Å². The van der Waals surface area contributed by atoms with Crippen LogP contribution in [0.3, 0.4) is 0 Å². The van der Waals surface area contributed by atoms with Crippen molar-refractivity contribution in [3.05, 3.63) is 35.3 Å². The summed E-state index contributed by atoms with van der Waals surface area (Å²) in [6.07, 6.45) is 0. The highest BCUT2D eigenvalue weighted by Gasteiger charge is 2.08. The lowest BCUT2D eigenvalue weighted by atomic mass is 10.3. The molecule has 2 aromatic rings. The first-order valence-corrected chi connectivity index (χ1v) is 9.21. The van der Waals surface area contributed by atoms with E-state index in [4.69, 9.17) is 9.47 Å². The fraction of sp³-hybridized carbons (Fsp3) is 0.444. The molecule has 7 nitrogen and oxygen atoms in total. The number of aliphatic imine (C=N–C) groups is 1. The molecule has 9 heteroatoms. The van der Waals surface area contributed by atoms with Gasteiger partial charge in [0.15, 0.2) is 11.1 Å². The third kappa shape index (κ3) is 7.41. The van der Waals surface area contributed by atoms with Crippen LogP contribution in [0.15, 0.2) is 34.6 Å². The van der Waals surface area contributed by atoms with Gasteiger partial charge in [0.25, 0.3) is 0 Å². The quantitative estimate of drug-likeness (QED) is 0.338. The molecule has 0 aliphatic carbocycles. The third-order valence-electron chi connectivity index (χ3n) is 3.68. The van der Waals surface area contributed by atoms with Gasteiger partial charge in [-0.25, -0.2) is 4.98 Å². The number of benzene rings is 1. The molecule has 2 rings (SSSR count). The van der Waals surface area contributed by atoms with Gasteiger partial charge in [0, 0.05) is 33.6 Å². The van der Waals surface area contributed by atoms with Crippen molar-refractivity contribution in [1.29, 1.82) is 0 Å². The number of ether oxygens (including phenoxy) is 2. The largest absolute Gasteiger partial charge is 0.497 e. The summed E-state index contributed by atoms with van der Waals surface area (Å²) in [4.78, 5) is 12.9. The molecule has 0 atom stereocenters. The molecule has 1 N–H and O–H groups in total. The molecular formula is C18H28IN5O2S. The van der Waals surface area contributed by atoms with Crippen LogP contribution in [0.25, 0.3) is 0 Å². The summed E-state index contributed by atoms with van der Waals surface area (Å²) in [7, 11) is 9.39. The minimum atomic E-state index is 0. The van der Waals surface area contributed by atoms with Crippen LogP contribution in [0.5, 0.6) is 11.5 Å². The summed E-state index contributed by atoms with van der Waals surface area (Å²) in [5, 5.41) is 6.39. The molecule has 0 saturated heterocycles. The normalized spacial score (nSPS) is 10.8. The van der Waals surface area contributed by atoms with Gasteiger partial charge in [0.1, 0.15) is 18.1 Å². The summed E-state index contributed by atoms with van der Waals surface area (Å²) in [6.45, 7) is 1.91. The van der Waals surface area contributed by atoms with Crippen LogP contribution in [0.1, 0.15) is 5.69 Å². The summed E-state index contributed by atoms with van der Waals surface area (Å²) in [6, 6.07) is 7.57. The van der Waals surface area contributed by atoms with Crippen molar-refractivity contribution in [3.8, 4) is 11.5 Å². The summed E-state index contributed by atoms with van der Waals surface area (Å²) < 4.78 is 10.9. The third-order valence-corrected chi connectivity index (χ3v) is 4.74. The minimum Gasteiger partial charge on any atom is -0.497 e. The SMILES string of the molecule is CN=C(NCc1csc(N(C)C)n1)N(C)CCOc1ccc(OC)cc1.I. The monoisotopic (exact) mass is 505 g/mol. The van der Waals surface area contributed by atoms with Crippen LogP contribution < -0.4 is 19.7 Å². The lowest BCUT2D eigenvalue weighted by molar-refractivity contribution is 0.281. The van der Waals surface area contributed by atoms with Crippen LogP contribution in [0.2, 0.25) is 0 Å². The number of guanidine groups is 1. The molecule has 1 aromatic heterocycles. The van der Waals surface area contributed by atoms with E-state index < -0.39 is 0 Å². The highest BCUT2D eigenvalue weighted by molar-refractivity contribution is 14.0. The Morgan fingerprint density at radius 1 is 1.19 bits per heavy atom. The molecule has 0 amide bonds. The maximum atomic E-state index is 5.77. The fourth-order valence-corrected chi connectivity index (χ4v) is 2.97. The van der Waals surface area contributed by atoms with Crippen LogP contribution in [0.4, 0.5) is 5.13 Å². The molecule has 0 unspecified atom stereocenters. The molecule has 0 spiro atoms. The molecule has 0 fully saturated rings. The standard InChI is InChI=1S/C18H27N5O2S.HI/c1-19-17(20-12-14-13-26-18(21-14)22(2)3)23(4)10-11-25-16-8-6-15(24-5)7-9-16;/h6-9,13H,10-12H2,1-5H3,(H,19,20);1H. The maximum absolute atomic E-state index is 5.77. The number of methoxy groups -OCH3 is 1. The van der Waals surface area contributed by atoms with E-state index in [2.05, 4.69) is 20.7 Å². The Labute approximate surface area is 182 Å². The highest BCUT2D eigenvalue weighted by atomic mass is 127. The van der Waals surface area contributed by atoms with Gasteiger partial charge in [-0.05, 0) is 24.3 Å². The van der Waals surface area contributed by atoms with E-state index >= 15 is 0 Å². The molecule has 0 saturated carbocycles. The van der Waals surface area contributed by atoms with Crippen molar-refractivity contribution in [2.45, 2.75) is 6.54 Å². The average Bonchev–Trinajstić information content (AvgIpc) is 3.12. The number of hydrogen-bond donors (Lipinski definition) is 1. The molecule has 0 aliphatic rings. The van der Waals surface area contributed by atoms with E-state index in [-0.39, 0.29) is 24.0 Å². The lowest BCUT2D eigenvalue weighted by Gasteiger charge is -2.21. The van der Waals surface area contributed by atoms with Crippen LogP contribution >= 0.6 is 35.3 Å². The van der Waals surface area contributed by atoms with E-state index in [9.17, 15) is 0 Å². The van der Waals surface area contributed by atoms with Crippen molar-refractivity contribution in [1.82, 2.24) is 15.2 Å². The number of thiazole rings is 1. The zero-order valence-corrected chi connectivity index (χ0v) is 19.6. The predicted molar refractivity (Wildman–Crippen MR) is 123 cm³/mol. The Morgan fingerprint density at radius 2 is 1.85 bits per heavy atom. The van der Waals surface area contributed by atoms with E-state index in [0.29, 0.717) is 19.7 Å². The molecule has 0 aliphatic heterocycles. The van der Waals surface area contributed by atoms with Gasteiger partial charge in [0.2, 0.25) is 0 Å². The number of nitrogens with zero attached hydrogens (tertiary/aromatic N) is 4. The van der Waals surface area contributed by atoms with Gasteiger partial charge in [0.05, 0.1) is 25.9 Å².